The number of hydrogen-bond donors (Lipinski definition) is 3. The van der Waals surface area contributed by atoms with Gasteiger partial charge in [-0.2, -0.15) is 10.1 Å². The summed E-state index contributed by atoms with van der Waals surface area (Å²) in [6.07, 6.45) is 11.6. The molecule has 11 rings (SSSR count). The van der Waals surface area contributed by atoms with Gasteiger partial charge in [-0.05, 0) is 124 Å². The lowest BCUT2D eigenvalue weighted by molar-refractivity contribution is -0.136. The second-order valence-electron chi connectivity index (χ2n) is 21.6. The van der Waals surface area contributed by atoms with Crippen LogP contribution in [-0.2, 0) is 21.2 Å². The van der Waals surface area contributed by atoms with E-state index in [0.717, 1.165) is 110 Å². The van der Waals surface area contributed by atoms with E-state index in [4.69, 9.17) is 21.3 Å². The van der Waals surface area contributed by atoms with Crippen LogP contribution in [0.3, 0.4) is 0 Å². The maximum absolute atomic E-state index is 15.7. The number of rotatable bonds is 13. The second kappa shape index (κ2) is 21.0. The van der Waals surface area contributed by atoms with Gasteiger partial charge in [0.2, 0.25) is 17.8 Å². The average Bonchev–Trinajstić information content (AvgIpc) is 4.11. The quantitative estimate of drug-likeness (QED) is 0.0734. The van der Waals surface area contributed by atoms with Crippen LogP contribution in [0.2, 0.25) is 5.02 Å². The van der Waals surface area contributed by atoms with Crippen LogP contribution >= 0.6 is 18.7 Å². The average molecular weight is 1080 g/mol. The second-order valence-corrected chi connectivity index (χ2v) is 25.2. The van der Waals surface area contributed by atoms with Crippen LogP contribution in [0, 0.1) is 17.2 Å². The summed E-state index contributed by atoms with van der Waals surface area (Å²) in [7, 11) is 0.815. The minimum atomic E-state index is -2.75. The number of hydrogen-bond acceptors (Lipinski definition) is 14. The van der Waals surface area contributed by atoms with Crippen LogP contribution < -0.4 is 35.8 Å². The molecule has 77 heavy (non-hydrogen) atoms. The van der Waals surface area contributed by atoms with Gasteiger partial charge >= 0.3 is 0 Å². The summed E-state index contributed by atoms with van der Waals surface area (Å²) in [4.78, 5) is 68.2. The van der Waals surface area contributed by atoms with Crippen molar-refractivity contribution >= 4 is 82.2 Å². The lowest BCUT2D eigenvalue weighted by Gasteiger charge is -2.48. The summed E-state index contributed by atoms with van der Waals surface area (Å²) in [6, 6.07) is 21.5. The van der Waals surface area contributed by atoms with E-state index in [1.807, 2.05) is 72.9 Å². The van der Waals surface area contributed by atoms with Gasteiger partial charge in [0, 0.05) is 80.6 Å². The first-order valence-electron chi connectivity index (χ1n) is 26.3. The summed E-state index contributed by atoms with van der Waals surface area (Å²) in [5.74, 6) is -1.34. The van der Waals surface area contributed by atoms with Crippen molar-refractivity contribution in [1.29, 1.82) is 0 Å². The van der Waals surface area contributed by atoms with E-state index in [2.05, 4.69) is 48.0 Å². The summed E-state index contributed by atoms with van der Waals surface area (Å²) >= 11 is 6.72. The van der Waals surface area contributed by atoms with Crippen molar-refractivity contribution < 1.29 is 32.9 Å². The number of amides is 4. The molecule has 4 fully saturated rings. The van der Waals surface area contributed by atoms with Crippen LogP contribution in [0.1, 0.15) is 72.1 Å². The molecule has 6 aromatic rings. The smallest absolute Gasteiger partial charge is 0.262 e. The van der Waals surface area contributed by atoms with E-state index in [1.54, 1.807) is 25.1 Å². The highest BCUT2D eigenvalue weighted by molar-refractivity contribution is 7.70. The highest BCUT2D eigenvalue weighted by Crippen LogP contribution is 2.47. The van der Waals surface area contributed by atoms with Crippen molar-refractivity contribution in [3.05, 3.63) is 113 Å². The number of aryl methyl sites for hydroxylation is 1. The number of halogens is 2. The Labute approximate surface area is 451 Å². The Balaban J connectivity index is 0.721. The molecule has 20 heteroatoms. The predicted octanol–water partition coefficient (Wildman–Crippen LogP) is 9.08. The topological polar surface area (TPSA) is 187 Å². The van der Waals surface area contributed by atoms with Gasteiger partial charge in [0.05, 0.1) is 47.7 Å². The van der Waals surface area contributed by atoms with Crippen LogP contribution in [0.15, 0.2) is 91.4 Å². The number of methoxy groups -OCH3 is 1. The zero-order valence-corrected chi connectivity index (χ0v) is 45.3. The number of carbonyl (C=O) groups excluding carboxylic acids is 4. The Morgan fingerprint density at radius 3 is 2.16 bits per heavy atom. The van der Waals surface area contributed by atoms with Crippen LogP contribution in [-0.4, -0.2) is 125 Å². The normalized spacial score (nSPS) is 19.2. The minimum absolute atomic E-state index is 0.0169. The lowest BCUT2D eigenvalue weighted by Crippen LogP contribution is -2.54. The van der Waals surface area contributed by atoms with E-state index < -0.39 is 42.6 Å². The number of nitrogens with one attached hydrogen (secondary N) is 3. The molecular formula is C57H62ClFN11O6P. The predicted molar refractivity (Wildman–Crippen MR) is 297 cm³/mol. The number of fused-ring (bicyclic) bond motifs is 1. The summed E-state index contributed by atoms with van der Waals surface area (Å²) < 4.78 is 37.2. The summed E-state index contributed by atoms with van der Waals surface area (Å²) in [6.45, 7) is 9.56. The lowest BCUT2D eigenvalue weighted by atomic mass is 9.71. The molecule has 3 N–H and O–H groups in total. The number of nitrogens with zero attached hydrogens (tertiary/aromatic N) is 8. The molecule has 1 spiro atoms. The molecule has 7 heterocycles. The van der Waals surface area contributed by atoms with Gasteiger partial charge in [0.1, 0.15) is 29.8 Å². The molecule has 4 aromatic carbocycles. The van der Waals surface area contributed by atoms with Gasteiger partial charge in [-0.3, -0.25) is 34.1 Å². The Morgan fingerprint density at radius 2 is 1.48 bits per heavy atom. The number of carbonyl (C=O) groups is 4. The standard InChI is InChI=1S/C57H62ClFN11O6P/c1-66-34-38(31-61-66)39-28-45(63-56-60-32-42(58)52(65-56)62-44-11-10-37(26-50(44)77(3,4)75)36-8-6-5-7-9-36)49(76-2)30-47(39)69-24-18-57(19-25-69)16-22-67(23-17-57)33-35-14-20-68(21-15-35)48-29-41-40(27-43(48)59)54(73)70(55(41)74)46-12-13-51(71)64-53(46)72/h5-11,26-32,34-35,46H,12-25,33H2,1-4H3,(H,64,71,72)(H2,60,62,63,65). The van der Waals surface area contributed by atoms with E-state index >= 15 is 4.39 Å². The fourth-order valence-electron chi connectivity index (χ4n) is 11.9. The Hall–Kier alpha value is -7.14. The first-order valence-corrected chi connectivity index (χ1v) is 29.3. The molecule has 1 atom stereocenters. The fraction of sp³-hybridized carbons (Fsp3) is 0.386. The molecule has 0 radical (unpaired) electrons. The number of ether oxygens (including phenoxy) is 1. The van der Waals surface area contributed by atoms with Gasteiger partial charge in [-0.15, -0.1) is 0 Å². The number of benzene rings is 4. The third-order valence-electron chi connectivity index (χ3n) is 16.3. The molecule has 400 valence electrons. The van der Waals surface area contributed by atoms with Gasteiger partial charge in [-0.1, -0.05) is 48.0 Å². The first kappa shape index (κ1) is 51.9. The van der Waals surface area contributed by atoms with E-state index in [1.165, 1.54) is 12.3 Å². The maximum Gasteiger partial charge on any atom is 0.262 e. The van der Waals surface area contributed by atoms with E-state index in [-0.39, 0.29) is 35.1 Å². The molecular weight excluding hydrogens is 1020 g/mol. The third kappa shape index (κ3) is 10.5. The number of anilines is 6. The number of imide groups is 2. The Kier molecular flexibility index (Phi) is 14.2. The Bertz CT molecular complexity index is 3340. The van der Waals surface area contributed by atoms with Crippen molar-refractivity contribution in [3.63, 3.8) is 0 Å². The zero-order chi connectivity index (χ0) is 53.8. The number of piperidine rings is 4. The molecule has 4 amide bonds. The van der Waals surface area contributed by atoms with Gasteiger partial charge in [0.25, 0.3) is 11.8 Å². The third-order valence-corrected chi connectivity index (χ3v) is 18.1. The maximum atomic E-state index is 15.7. The van der Waals surface area contributed by atoms with Crippen molar-refractivity contribution in [2.75, 3.05) is 86.7 Å². The molecule has 0 aliphatic carbocycles. The van der Waals surface area contributed by atoms with Crippen molar-refractivity contribution in [2.24, 2.45) is 18.4 Å². The molecule has 0 bridgehead atoms. The summed E-state index contributed by atoms with van der Waals surface area (Å²) in [5.41, 5.74) is 6.89. The van der Waals surface area contributed by atoms with E-state index in [0.29, 0.717) is 58.2 Å². The number of likely N-dealkylation sites (tertiary alicyclic amines) is 1. The Morgan fingerprint density at radius 1 is 0.779 bits per heavy atom. The molecule has 0 saturated carbocycles. The molecule has 2 aromatic heterocycles. The molecule has 4 saturated heterocycles. The fourth-order valence-corrected chi connectivity index (χ4v) is 13.2. The van der Waals surface area contributed by atoms with Crippen LogP contribution in [0.5, 0.6) is 5.75 Å². The van der Waals surface area contributed by atoms with Gasteiger partial charge < -0.3 is 34.6 Å². The highest BCUT2D eigenvalue weighted by atomic mass is 35.5. The zero-order valence-electron chi connectivity index (χ0n) is 43.7. The van der Waals surface area contributed by atoms with Crippen LogP contribution in [0.4, 0.5) is 38.9 Å². The highest BCUT2D eigenvalue weighted by Gasteiger charge is 2.46. The summed E-state index contributed by atoms with van der Waals surface area (Å²) in [5, 5.41) is 14.5. The van der Waals surface area contributed by atoms with Crippen LogP contribution in [0.25, 0.3) is 22.3 Å². The molecule has 17 nitrogen and oxygen atoms in total. The van der Waals surface area contributed by atoms with Gasteiger partial charge in [0.15, 0.2) is 5.82 Å². The van der Waals surface area contributed by atoms with Crippen molar-refractivity contribution in [1.82, 2.24) is 34.9 Å². The molecule has 5 aliphatic rings. The van der Waals surface area contributed by atoms with Gasteiger partial charge in [-0.25, -0.2) is 9.37 Å². The molecule has 1 unspecified atom stereocenters. The SMILES string of the molecule is COc1cc(N2CCC3(CCN(CC4CCN(c5cc6c(cc5F)C(=O)N(C5CCC(=O)NC5=O)C6=O)CC4)CC3)CC2)c(-c2cnn(C)c2)cc1Nc1ncc(Cl)c(Nc2ccc(-c3ccccc3)cc2P(C)(C)=O)n1. The number of aromatic nitrogens is 4. The van der Waals surface area contributed by atoms with E-state index in [9.17, 15) is 23.7 Å². The monoisotopic (exact) mass is 1080 g/mol. The molecule has 5 aliphatic heterocycles. The van der Waals surface area contributed by atoms with Crippen molar-refractivity contribution in [3.8, 4) is 28.0 Å². The minimum Gasteiger partial charge on any atom is -0.494 e. The largest absolute Gasteiger partial charge is 0.494 e. The van der Waals surface area contributed by atoms with Crippen molar-refractivity contribution in [2.45, 2.75) is 57.4 Å². The first-order chi connectivity index (χ1) is 37.0.